The number of nitrogens with one attached hydrogen (secondary N) is 1. The lowest BCUT2D eigenvalue weighted by Crippen LogP contribution is -2.38. The normalized spacial score (nSPS) is 21.9. The molecule has 1 aliphatic rings. The maximum Gasteiger partial charge on any atom is 0.220 e. The standard InChI is InChI=1S/C20H40N2O2/c1-16(2)8-9-17(18-10-13-24-20(3,4)15-18)14-19(23)21-11-7-12-22(5)6/h16-18H,7-15H2,1-6H3,(H,21,23). The highest BCUT2D eigenvalue weighted by atomic mass is 16.5. The molecule has 4 nitrogen and oxygen atoms in total. The Morgan fingerprint density at radius 1 is 1.29 bits per heavy atom. The molecule has 1 rings (SSSR count). The second kappa shape index (κ2) is 10.4. The molecule has 0 aromatic rings. The average Bonchev–Trinajstić information content (AvgIpc) is 2.46. The lowest BCUT2D eigenvalue weighted by Gasteiger charge is -2.39. The van der Waals surface area contributed by atoms with Crippen molar-refractivity contribution < 1.29 is 9.53 Å². The van der Waals surface area contributed by atoms with Gasteiger partial charge >= 0.3 is 0 Å². The highest BCUT2D eigenvalue weighted by molar-refractivity contribution is 5.76. The van der Waals surface area contributed by atoms with E-state index in [2.05, 4.69) is 52.0 Å². The lowest BCUT2D eigenvalue weighted by atomic mass is 9.75. The summed E-state index contributed by atoms with van der Waals surface area (Å²) in [6.07, 6.45) is 6.22. The van der Waals surface area contributed by atoms with Crippen molar-refractivity contribution in [3.05, 3.63) is 0 Å². The Labute approximate surface area is 149 Å². The molecule has 0 spiro atoms. The molecular weight excluding hydrogens is 300 g/mol. The molecule has 1 fully saturated rings. The van der Waals surface area contributed by atoms with Gasteiger partial charge in [-0.3, -0.25) is 4.79 Å². The second-order valence-corrected chi connectivity index (χ2v) is 8.80. The highest BCUT2D eigenvalue weighted by Crippen LogP contribution is 2.37. The molecule has 0 saturated carbocycles. The molecule has 24 heavy (non-hydrogen) atoms. The maximum absolute atomic E-state index is 12.4. The molecule has 0 aromatic carbocycles. The van der Waals surface area contributed by atoms with Crippen LogP contribution in [0.4, 0.5) is 0 Å². The molecule has 0 aromatic heterocycles. The van der Waals surface area contributed by atoms with Gasteiger partial charge in [-0.2, -0.15) is 0 Å². The van der Waals surface area contributed by atoms with Crippen molar-refractivity contribution in [3.63, 3.8) is 0 Å². The molecule has 0 bridgehead atoms. The van der Waals surface area contributed by atoms with E-state index in [1.165, 1.54) is 6.42 Å². The minimum absolute atomic E-state index is 0.0405. The van der Waals surface area contributed by atoms with Crippen LogP contribution in [0.2, 0.25) is 0 Å². The number of carbonyl (C=O) groups is 1. The predicted molar refractivity (Wildman–Crippen MR) is 101 cm³/mol. The number of nitrogens with zero attached hydrogens (tertiary/aromatic N) is 1. The maximum atomic E-state index is 12.4. The van der Waals surface area contributed by atoms with E-state index in [-0.39, 0.29) is 11.5 Å². The molecule has 2 unspecified atom stereocenters. The van der Waals surface area contributed by atoms with Crippen molar-refractivity contribution in [3.8, 4) is 0 Å². The van der Waals surface area contributed by atoms with E-state index in [1.54, 1.807) is 0 Å². The summed E-state index contributed by atoms with van der Waals surface area (Å²) in [5.74, 6) is 2.03. The van der Waals surface area contributed by atoms with E-state index in [9.17, 15) is 4.79 Å². The van der Waals surface area contributed by atoms with E-state index < -0.39 is 0 Å². The van der Waals surface area contributed by atoms with Crippen LogP contribution < -0.4 is 5.32 Å². The van der Waals surface area contributed by atoms with Gasteiger partial charge in [0.05, 0.1) is 5.60 Å². The first-order chi connectivity index (χ1) is 11.2. The van der Waals surface area contributed by atoms with Crippen LogP contribution in [0.5, 0.6) is 0 Å². The van der Waals surface area contributed by atoms with Gasteiger partial charge in [-0.1, -0.05) is 20.3 Å². The quantitative estimate of drug-likeness (QED) is 0.617. The van der Waals surface area contributed by atoms with Gasteiger partial charge in [0.15, 0.2) is 0 Å². The summed E-state index contributed by atoms with van der Waals surface area (Å²) in [6.45, 7) is 11.5. The third kappa shape index (κ3) is 9.03. The Kier molecular flexibility index (Phi) is 9.28. The Morgan fingerprint density at radius 3 is 2.58 bits per heavy atom. The predicted octanol–water partition coefficient (Wildman–Crippen LogP) is 3.70. The van der Waals surface area contributed by atoms with Gasteiger partial charge in [-0.15, -0.1) is 0 Å². The zero-order valence-corrected chi connectivity index (χ0v) is 16.9. The van der Waals surface area contributed by atoms with Crippen LogP contribution >= 0.6 is 0 Å². The molecule has 1 N–H and O–H groups in total. The second-order valence-electron chi connectivity index (χ2n) is 8.80. The molecule has 1 heterocycles. The van der Waals surface area contributed by atoms with Crippen molar-refractivity contribution in [1.82, 2.24) is 10.2 Å². The van der Waals surface area contributed by atoms with E-state index in [0.717, 1.165) is 45.4 Å². The van der Waals surface area contributed by atoms with Gasteiger partial charge in [-0.05, 0) is 77.9 Å². The van der Waals surface area contributed by atoms with Crippen molar-refractivity contribution in [2.24, 2.45) is 17.8 Å². The SMILES string of the molecule is CC(C)CCC(CC(=O)NCCCN(C)C)C1CCOC(C)(C)C1. The largest absolute Gasteiger partial charge is 0.376 e. The molecule has 1 saturated heterocycles. The fourth-order valence-electron chi connectivity index (χ4n) is 3.67. The van der Waals surface area contributed by atoms with Crippen molar-refractivity contribution in [1.29, 1.82) is 0 Å². The summed E-state index contributed by atoms with van der Waals surface area (Å²) < 4.78 is 5.87. The lowest BCUT2D eigenvalue weighted by molar-refractivity contribution is -0.124. The zero-order valence-electron chi connectivity index (χ0n) is 16.9. The smallest absolute Gasteiger partial charge is 0.220 e. The summed E-state index contributed by atoms with van der Waals surface area (Å²) >= 11 is 0. The van der Waals surface area contributed by atoms with Gasteiger partial charge in [0.25, 0.3) is 0 Å². The Hall–Kier alpha value is -0.610. The summed E-state index contributed by atoms with van der Waals surface area (Å²) in [5, 5.41) is 3.12. The number of hydrogen-bond acceptors (Lipinski definition) is 3. The molecule has 1 amide bonds. The van der Waals surface area contributed by atoms with Crippen LogP contribution in [0, 0.1) is 17.8 Å². The number of rotatable bonds is 10. The van der Waals surface area contributed by atoms with Crippen LogP contribution in [0.3, 0.4) is 0 Å². The van der Waals surface area contributed by atoms with Crippen LogP contribution in [0.15, 0.2) is 0 Å². The zero-order chi connectivity index (χ0) is 18.2. The molecule has 0 aliphatic carbocycles. The summed E-state index contributed by atoms with van der Waals surface area (Å²) in [4.78, 5) is 14.5. The molecule has 2 atom stereocenters. The summed E-state index contributed by atoms with van der Waals surface area (Å²) in [5.41, 5.74) is -0.0405. The van der Waals surface area contributed by atoms with E-state index in [1.807, 2.05) is 0 Å². The van der Waals surface area contributed by atoms with Gasteiger partial charge in [0.2, 0.25) is 5.91 Å². The number of ether oxygens (including phenoxy) is 1. The highest BCUT2D eigenvalue weighted by Gasteiger charge is 2.34. The Balaban J connectivity index is 2.50. The third-order valence-electron chi connectivity index (χ3n) is 5.07. The summed E-state index contributed by atoms with van der Waals surface area (Å²) in [7, 11) is 4.13. The van der Waals surface area contributed by atoms with E-state index >= 15 is 0 Å². The van der Waals surface area contributed by atoms with Crippen LogP contribution in [-0.2, 0) is 9.53 Å². The Bertz CT molecular complexity index is 367. The van der Waals surface area contributed by atoms with Gasteiger partial charge < -0.3 is 15.0 Å². The van der Waals surface area contributed by atoms with E-state index in [0.29, 0.717) is 24.2 Å². The fraction of sp³-hybridized carbons (Fsp3) is 0.950. The van der Waals surface area contributed by atoms with Gasteiger partial charge in [-0.25, -0.2) is 0 Å². The summed E-state index contributed by atoms with van der Waals surface area (Å²) in [6, 6.07) is 0. The van der Waals surface area contributed by atoms with E-state index in [4.69, 9.17) is 4.74 Å². The van der Waals surface area contributed by atoms with Crippen molar-refractivity contribution in [2.45, 2.75) is 71.8 Å². The minimum Gasteiger partial charge on any atom is -0.376 e. The average molecular weight is 341 g/mol. The number of carbonyl (C=O) groups excluding carboxylic acids is 1. The first-order valence-electron chi connectivity index (χ1n) is 9.75. The fourth-order valence-corrected chi connectivity index (χ4v) is 3.67. The van der Waals surface area contributed by atoms with Crippen molar-refractivity contribution in [2.75, 3.05) is 33.8 Å². The molecule has 142 valence electrons. The van der Waals surface area contributed by atoms with Crippen LogP contribution in [0.25, 0.3) is 0 Å². The molecular formula is C20H40N2O2. The topological polar surface area (TPSA) is 41.6 Å². The molecule has 0 radical (unpaired) electrons. The molecule has 4 heteroatoms. The minimum atomic E-state index is -0.0405. The monoisotopic (exact) mass is 340 g/mol. The van der Waals surface area contributed by atoms with Gasteiger partial charge in [0, 0.05) is 19.6 Å². The third-order valence-corrected chi connectivity index (χ3v) is 5.07. The van der Waals surface area contributed by atoms with Crippen LogP contribution in [-0.4, -0.2) is 50.2 Å². The number of amides is 1. The number of hydrogen-bond donors (Lipinski definition) is 1. The molecule has 1 aliphatic heterocycles. The van der Waals surface area contributed by atoms with Crippen molar-refractivity contribution >= 4 is 5.91 Å². The first kappa shape index (κ1) is 21.4. The van der Waals surface area contributed by atoms with Crippen LogP contribution in [0.1, 0.15) is 66.2 Å². The van der Waals surface area contributed by atoms with Gasteiger partial charge in [0.1, 0.15) is 0 Å². The first-order valence-corrected chi connectivity index (χ1v) is 9.75. The Morgan fingerprint density at radius 2 is 2.00 bits per heavy atom.